The van der Waals surface area contributed by atoms with E-state index in [1.807, 2.05) is 25.3 Å². The van der Waals surface area contributed by atoms with Crippen molar-refractivity contribution in [2.24, 2.45) is 0 Å². The van der Waals surface area contributed by atoms with Crippen LogP contribution in [0.4, 0.5) is 11.8 Å². The van der Waals surface area contributed by atoms with E-state index in [1.54, 1.807) is 7.11 Å². The number of aromatic nitrogens is 4. The number of hydrogen-bond donors (Lipinski definition) is 4. The molecule has 3 heterocycles. The van der Waals surface area contributed by atoms with Crippen molar-refractivity contribution < 1.29 is 4.74 Å². The maximum atomic E-state index is 5.40. The van der Waals surface area contributed by atoms with Crippen LogP contribution in [-0.4, -0.2) is 33.6 Å². The molecule has 168 valence electrons. The molecule has 7 nitrogen and oxygen atoms in total. The number of fused-ring (bicyclic) bond motifs is 2. The van der Waals surface area contributed by atoms with Gasteiger partial charge in [-0.1, -0.05) is 6.07 Å². The summed E-state index contributed by atoms with van der Waals surface area (Å²) >= 11 is 0. The van der Waals surface area contributed by atoms with Crippen LogP contribution in [-0.2, 0) is 13.0 Å². The van der Waals surface area contributed by atoms with Gasteiger partial charge in [-0.25, -0.2) is 4.98 Å². The molecule has 0 saturated carbocycles. The Bertz CT molecular complexity index is 1420. The van der Waals surface area contributed by atoms with E-state index in [4.69, 9.17) is 4.74 Å². The number of ether oxygens (including phenoxy) is 1. The van der Waals surface area contributed by atoms with Crippen LogP contribution in [0.5, 0.6) is 5.75 Å². The Hall–Kier alpha value is -4.00. The van der Waals surface area contributed by atoms with E-state index in [2.05, 4.69) is 73.9 Å². The third kappa shape index (κ3) is 4.48. The van der Waals surface area contributed by atoms with Gasteiger partial charge >= 0.3 is 0 Å². The Morgan fingerprint density at radius 1 is 0.939 bits per heavy atom. The predicted octanol–water partition coefficient (Wildman–Crippen LogP) is 5.33. The lowest BCUT2D eigenvalue weighted by Crippen LogP contribution is -2.11. The molecule has 0 aliphatic carbocycles. The van der Waals surface area contributed by atoms with Crippen molar-refractivity contribution in [3.8, 4) is 5.75 Å². The van der Waals surface area contributed by atoms with Crippen LogP contribution in [0, 0.1) is 13.8 Å². The van der Waals surface area contributed by atoms with E-state index in [0.29, 0.717) is 12.5 Å². The zero-order valence-corrected chi connectivity index (χ0v) is 19.1. The molecule has 0 radical (unpaired) electrons. The summed E-state index contributed by atoms with van der Waals surface area (Å²) in [6.45, 7) is 5.53. The zero-order chi connectivity index (χ0) is 22.8. The number of nitrogens with zero attached hydrogens (tertiary/aromatic N) is 2. The molecule has 0 unspecified atom stereocenters. The molecule has 0 bridgehead atoms. The molecule has 0 aliphatic heterocycles. The summed E-state index contributed by atoms with van der Waals surface area (Å²) in [6.07, 6.45) is 2.82. The van der Waals surface area contributed by atoms with Crippen LogP contribution in [0.2, 0.25) is 0 Å². The van der Waals surface area contributed by atoms with Gasteiger partial charge in [0.05, 0.1) is 7.11 Å². The second-order valence-corrected chi connectivity index (χ2v) is 8.29. The van der Waals surface area contributed by atoms with Crippen LogP contribution in [0.15, 0.2) is 54.7 Å². The lowest BCUT2D eigenvalue weighted by atomic mass is 10.1. The third-order valence-electron chi connectivity index (χ3n) is 5.93. The summed E-state index contributed by atoms with van der Waals surface area (Å²) in [6, 6.07) is 16.6. The normalized spacial score (nSPS) is 11.2. The lowest BCUT2D eigenvalue weighted by molar-refractivity contribution is 0.415. The van der Waals surface area contributed by atoms with Gasteiger partial charge in [-0.2, -0.15) is 4.98 Å². The molecule has 7 heteroatoms. The van der Waals surface area contributed by atoms with Crippen LogP contribution < -0.4 is 15.4 Å². The summed E-state index contributed by atoms with van der Waals surface area (Å²) < 4.78 is 5.40. The second-order valence-electron chi connectivity index (χ2n) is 8.29. The van der Waals surface area contributed by atoms with Crippen LogP contribution in [0.1, 0.15) is 22.5 Å². The van der Waals surface area contributed by atoms with Gasteiger partial charge in [0.1, 0.15) is 11.6 Å². The molecule has 0 amide bonds. The zero-order valence-electron chi connectivity index (χ0n) is 19.1. The average molecular weight is 441 g/mol. The van der Waals surface area contributed by atoms with Gasteiger partial charge in [-0.15, -0.1) is 0 Å². The summed E-state index contributed by atoms with van der Waals surface area (Å²) in [4.78, 5) is 15.9. The molecule has 0 fully saturated rings. The first-order valence-corrected chi connectivity index (χ1v) is 11.1. The smallest absolute Gasteiger partial charge is 0.224 e. The first kappa shape index (κ1) is 20.9. The first-order chi connectivity index (χ1) is 16.1. The number of H-pyrrole nitrogens is 2. The molecule has 0 saturated heterocycles. The Kier molecular flexibility index (Phi) is 5.60. The molecule has 0 spiro atoms. The molecule has 3 aromatic heterocycles. The van der Waals surface area contributed by atoms with Gasteiger partial charge in [-0.3, -0.25) is 0 Å². The first-order valence-electron chi connectivity index (χ1n) is 11.1. The molecule has 0 aliphatic rings. The molecule has 5 aromatic rings. The van der Waals surface area contributed by atoms with Crippen molar-refractivity contribution in [1.82, 2.24) is 19.9 Å². The third-order valence-corrected chi connectivity index (χ3v) is 5.93. The fourth-order valence-electron chi connectivity index (χ4n) is 4.25. The van der Waals surface area contributed by atoms with Gasteiger partial charge in [0.15, 0.2) is 0 Å². The van der Waals surface area contributed by atoms with E-state index in [0.717, 1.165) is 41.3 Å². The van der Waals surface area contributed by atoms with E-state index in [-0.39, 0.29) is 0 Å². The van der Waals surface area contributed by atoms with Crippen molar-refractivity contribution in [1.29, 1.82) is 0 Å². The fourth-order valence-corrected chi connectivity index (χ4v) is 4.25. The number of aryl methyl sites for hydroxylation is 2. The van der Waals surface area contributed by atoms with Crippen LogP contribution >= 0.6 is 0 Å². The van der Waals surface area contributed by atoms with E-state index in [1.165, 1.54) is 27.6 Å². The Morgan fingerprint density at radius 3 is 2.70 bits per heavy atom. The molecule has 4 N–H and O–H groups in total. The van der Waals surface area contributed by atoms with Crippen molar-refractivity contribution >= 4 is 33.6 Å². The molecule has 5 rings (SSSR count). The minimum atomic E-state index is 0.633. The lowest BCUT2D eigenvalue weighted by Gasteiger charge is -2.10. The predicted molar refractivity (Wildman–Crippen MR) is 134 cm³/mol. The Morgan fingerprint density at radius 2 is 1.82 bits per heavy atom. The summed E-state index contributed by atoms with van der Waals surface area (Å²) in [7, 11) is 1.70. The Labute approximate surface area is 192 Å². The number of aromatic amines is 2. The van der Waals surface area contributed by atoms with Crippen molar-refractivity contribution in [2.45, 2.75) is 26.8 Å². The van der Waals surface area contributed by atoms with E-state index < -0.39 is 0 Å². The molecule has 2 aromatic carbocycles. The average Bonchev–Trinajstić information content (AvgIpc) is 3.40. The molecule has 0 atom stereocenters. The number of hydrogen-bond acceptors (Lipinski definition) is 5. The number of nitrogens with one attached hydrogen (secondary N) is 4. The second kappa shape index (κ2) is 8.86. The fraction of sp³-hybridized carbons (Fsp3) is 0.231. The molecule has 33 heavy (non-hydrogen) atoms. The SMILES string of the molecule is COc1ccc2[nH]c(C)c(CCNc3nc(C)cc(NCc4ccc5[nH]ccc5c4)n3)c2c1. The minimum absolute atomic E-state index is 0.633. The van der Waals surface area contributed by atoms with Gasteiger partial charge in [0.25, 0.3) is 0 Å². The van der Waals surface area contributed by atoms with Gasteiger partial charge in [-0.05, 0) is 73.2 Å². The van der Waals surface area contributed by atoms with Gasteiger partial charge in [0.2, 0.25) is 5.95 Å². The number of benzene rings is 2. The van der Waals surface area contributed by atoms with E-state index >= 15 is 0 Å². The van der Waals surface area contributed by atoms with Gasteiger partial charge in [0, 0.05) is 53.2 Å². The monoisotopic (exact) mass is 440 g/mol. The standard InChI is InChI=1S/C26H28N6O/c1-16-12-25(29-15-18-4-6-23-19(13-18)8-10-27-23)32-26(30-16)28-11-9-21-17(2)31-24-7-5-20(33-3)14-22(21)24/h4-8,10,12-14,27,31H,9,11,15H2,1-3H3,(H2,28,29,30,32). The Balaban J connectivity index is 1.25. The quantitative estimate of drug-likeness (QED) is 0.262. The largest absolute Gasteiger partial charge is 0.497 e. The number of rotatable bonds is 8. The van der Waals surface area contributed by atoms with Crippen LogP contribution in [0.25, 0.3) is 21.8 Å². The highest BCUT2D eigenvalue weighted by atomic mass is 16.5. The molecular formula is C26H28N6O. The minimum Gasteiger partial charge on any atom is -0.497 e. The van der Waals surface area contributed by atoms with Crippen molar-refractivity contribution in [3.63, 3.8) is 0 Å². The highest BCUT2D eigenvalue weighted by Crippen LogP contribution is 2.27. The highest BCUT2D eigenvalue weighted by Gasteiger charge is 2.10. The maximum Gasteiger partial charge on any atom is 0.224 e. The summed E-state index contributed by atoms with van der Waals surface area (Å²) in [5.41, 5.74) is 6.85. The van der Waals surface area contributed by atoms with E-state index in [9.17, 15) is 0 Å². The van der Waals surface area contributed by atoms with Gasteiger partial charge < -0.3 is 25.3 Å². The highest BCUT2D eigenvalue weighted by molar-refractivity contribution is 5.86. The number of methoxy groups -OCH3 is 1. The van der Waals surface area contributed by atoms with Crippen molar-refractivity contribution in [3.05, 3.63) is 77.2 Å². The molecular weight excluding hydrogens is 412 g/mol. The summed E-state index contributed by atoms with van der Waals surface area (Å²) in [5.74, 6) is 2.31. The summed E-state index contributed by atoms with van der Waals surface area (Å²) in [5, 5.41) is 9.22. The maximum absolute atomic E-state index is 5.40. The van der Waals surface area contributed by atoms with Crippen molar-refractivity contribution in [2.75, 3.05) is 24.3 Å². The number of anilines is 2. The van der Waals surface area contributed by atoms with Crippen LogP contribution in [0.3, 0.4) is 0 Å². The topological polar surface area (TPSA) is 90.6 Å².